The minimum Gasteiger partial charge on any atom is -0.492 e. The van der Waals surface area contributed by atoms with E-state index in [9.17, 15) is 10.1 Å². The Hall–Kier alpha value is -3.48. The van der Waals surface area contributed by atoms with Gasteiger partial charge in [0.25, 0.3) is 0 Å². The molecule has 1 fully saturated rings. The molecule has 2 aromatic rings. The number of ether oxygens (including phenoxy) is 2. The molecule has 0 bridgehead atoms. The van der Waals surface area contributed by atoms with E-state index in [-0.39, 0.29) is 17.9 Å². The van der Waals surface area contributed by atoms with Gasteiger partial charge >= 0.3 is 0 Å². The molecule has 0 aliphatic carbocycles. The van der Waals surface area contributed by atoms with Crippen LogP contribution in [0.25, 0.3) is 0 Å². The number of aryl methyl sites for hydroxylation is 2. The van der Waals surface area contributed by atoms with E-state index in [4.69, 9.17) is 9.47 Å². The summed E-state index contributed by atoms with van der Waals surface area (Å²) in [5.41, 5.74) is 5.51. The minimum atomic E-state index is -0.311. The van der Waals surface area contributed by atoms with Crippen LogP contribution in [0, 0.1) is 37.0 Å². The lowest BCUT2D eigenvalue weighted by Crippen LogP contribution is -2.44. The number of nitrogens with zero attached hydrogens (tertiary/aromatic N) is 2. The van der Waals surface area contributed by atoms with Crippen LogP contribution in [0.5, 0.6) is 11.5 Å². The maximum absolute atomic E-state index is 12.8. The second kappa shape index (κ2) is 14.6. The Kier molecular flexibility index (Phi) is 10.9. The number of benzene rings is 2. The monoisotopic (exact) mass is 576 g/mol. The molecule has 9 nitrogen and oxygen atoms in total. The van der Waals surface area contributed by atoms with Crippen molar-refractivity contribution in [3.8, 4) is 17.6 Å². The van der Waals surface area contributed by atoms with E-state index in [1.165, 1.54) is 12.8 Å². The standard InChI is InChI=1S/C33H48N6O3/c1-7-41-31-17-27-25(16-28(31)37-32(40)11-9-13-39(5)6)33(24(18-34)19-36-27)38-26-14-23(4)30(15-22(26)3)42-20-29-21(2)10-8-12-35-29/h14-17,21,24,29,33,35-36,38H,7-13,19-20H2,1-6H3,(H,37,40). The number of hydrogen-bond acceptors (Lipinski definition) is 8. The van der Waals surface area contributed by atoms with Crippen molar-refractivity contribution in [1.82, 2.24) is 10.2 Å². The minimum absolute atomic E-state index is 0.0530. The summed E-state index contributed by atoms with van der Waals surface area (Å²) in [6.07, 6.45) is 3.64. The molecular formula is C33H48N6O3. The number of fused-ring (bicyclic) bond motifs is 1. The smallest absolute Gasteiger partial charge is 0.224 e. The van der Waals surface area contributed by atoms with Gasteiger partial charge in [-0.2, -0.15) is 5.26 Å². The number of piperidine rings is 1. The fourth-order valence-electron chi connectivity index (χ4n) is 5.79. The quantitative estimate of drug-likeness (QED) is 0.263. The Balaban J connectivity index is 1.56. The van der Waals surface area contributed by atoms with E-state index in [0.717, 1.165) is 53.3 Å². The molecule has 1 amide bonds. The first-order valence-corrected chi connectivity index (χ1v) is 15.3. The molecule has 4 unspecified atom stereocenters. The summed E-state index contributed by atoms with van der Waals surface area (Å²) in [5.74, 6) is 1.74. The van der Waals surface area contributed by atoms with Crippen molar-refractivity contribution < 1.29 is 14.3 Å². The molecular weight excluding hydrogens is 528 g/mol. The van der Waals surface area contributed by atoms with Gasteiger partial charge in [0.15, 0.2) is 0 Å². The summed E-state index contributed by atoms with van der Waals surface area (Å²) in [4.78, 5) is 14.9. The molecule has 4 rings (SSSR count). The highest BCUT2D eigenvalue weighted by molar-refractivity contribution is 5.93. The summed E-state index contributed by atoms with van der Waals surface area (Å²) in [7, 11) is 4.00. The normalized spacial score (nSPS) is 21.6. The highest BCUT2D eigenvalue weighted by atomic mass is 16.5. The molecule has 2 heterocycles. The van der Waals surface area contributed by atoms with Crippen molar-refractivity contribution in [2.24, 2.45) is 11.8 Å². The zero-order valence-electron chi connectivity index (χ0n) is 26.1. The number of hydrogen-bond donors (Lipinski definition) is 4. The van der Waals surface area contributed by atoms with E-state index in [1.807, 2.05) is 33.2 Å². The number of amides is 1. The van der Waals surface area contributed by atoms with Crippen molar-refractivity contribution in [2.45, 2.75) is 65.5 Å². The topological polar surface area (TPSA) is 111 Å². The van der Waals surface area contributed by atoms with Gasteiger partial charge in [0.05, 0.1) is 30.3 Å². The molecule has 4 N–H and O–H groups in total. The van der Waals surface area contributed by atoms with Crippen LogP contribution in [0.4, 0.5) is 17.1 Å². The van der Waals surface area contributed by atoms with Crippen LogP contribution in [0.3, 0.4) is 0 Å². The number of nitrogens with one attached hydrogen (secondary N) is 4. The molecule has 9 heteroatoms. The van der Waals surface area contributed by atoms with Gasteiger partial charge in [-0.1, -0.05) is 6.92 Å². The number of nitriles is 1. The lowest BCUT2D eigenvalue weighted by atomic mass is 9.88. The molecule has 4 atom stereocenters. The Morgan fingerprint density at radius 3 is 2.64 bits per heavy atom. The van der Waals surface area contributed by atoms with Crippen molar-refractivity contribution in [3.05, 3.63) is 41.0 Å². The second-order valence-corrected chi connectivity index (χ2v) is 12.0. The maximum Gasteiger partial charge on any atom is 0.224 e. The largest absolute Gasteiger partial charge is 0.492 e. The van der Waals surface area contributed by atoms with Crippen LogP contribution in [0.2, 0.25) is 0 Å². The molecule has 0 saturated carbocycles. The second-order valence-electron chi connectivity index (χ2n) is 12.0. The SMILES string of the molecule is CCOc1cc2c(cc1NC(=O)CCCN(C)C)C(Nc1cc(C)c(OCC3NCCCC3C)cc1C)C(C#N)CN2. The van der Waals surface area contributed by atoms with Crippen LogP contribution in [-0.4, -0.2) is 63.8 Å². The van der Waals surface area contributed by atoms with Crippen LogP contribution < -0.4 is 30.7 Å². The average molecular weight is 577 g/mol. The molecule has 2 aliphatic rings. The predicted molar refractivity (Wildman–Crippen MR) is 170 cm³/mol. The first-order chi connectivity index (χ1) is 20.2. The van der Waals surface area contributed by atoms with Gasteiger partial charge in [-0.3, -0.25) is 4.79 Å². The van der Waals surface area contributed by atoms with E-state index in [1.54, 1.807) is 0 Å². The third kappa shape index (κ3) is 7.87. The van der Waals surface area contributed by atoms with E-state index in [2.05, 4.69) is 65.1 Å². The van der Waals surface area contributed by atoms with Gasteiger partial charge in [-0.15, -0.1) is 0 Å². The summed E-state index contributed by atoms with van der Waals surface area (Å²) in [6.45, 7) is 11.9. The number of rotatable bonds is 12. The van der Waals surface area contributed by atoms with Crippen LogP contribution in [0.15, 0.2) is 24.3 Å². The van der Waals surface area contributed by atoms with E-state index in [0.29, 0.717) is 49.6 Å². The summed E-state index contributed by atoms with van der Waals surface area (Å²) in [6, 6.07) is 10.7. The van der Waals surface area contributed by atoms with Crippen LogP contribution in [0.1, 0.15) is 62.3 Å². The van der Waals surface area contributed by atoms with E-state index < -0.39 is 0 Å². The Morgan fingerprint density at radius 1 is 1.12 bits per heavy atom. The van der Waals surface area contributed by atoms with Crippen molar-refractivity contribution in [3.63, 3.8) is 0 Å². The first-order valence-electron chi connectivity index (χ1n) is 15.3. The zero-order chi connectivity index (χ0) is 30.2. The van der Waals surface area contributed by atoms with Gasteiger partial charge < -0.3 is 35.6 Å². The van der Waals surface area contributed by atoms with Crippen molar-refractivity contribution >= 4 is 23.0 Å². The molecule has 1 saturated heterocycles. The zero-order valence-corrected chi connectivity index (χ0v) is 26.1. The Bertz CT molecular complexity index is 1270. The van der Waals surface area contributed by atoms with Crippen molar-refractivity contribution in [2.75, 3.05) is 62.9 Å². The van der Waals surface area contributed by atoms with Gasteiger partial charge in [-0.25, -0.2) is 0 Å². The van der Waals surface area contributed by atoms with Gasteiger partial charge in [0, 0.05) is 42.0 Å². The molecule has 0 spiro atoms. The van der Waals surface area contributed by atoms with E-state index >= 15 is 0 Å². The van der Waals surface area contributed by atoms with Crippen LogP contribution >= 0.6 is 0 Å². The van der Waals surface area contributed by atoms with Crippen molar-refractivity contribution in [1.29, 1.82) is 5.26 Å². The predicted octanol–water partition coefficient (Wildman–Crippen LogP) is 5.47. The number of carbonyl (C=O) groups excluding carboxylic acids is 1. The Labute approximate surface area is 251 Å². The fourth-order valence-corrected chi connectivity index (χ4v) is 5.79. The molecule has 2 aromatic carbocycles. The highest BCUT2D eigenvalue weighted by Crippen LogP contribution is 2.42. The molecule has 228 valence electrons. The lowest BCUT2D eigenvalue weighted by molar-refractivity contribution is -0.116. The number of anilines is 3. The summed E-state index contributed by atoms with van der Waals surface area (Å²) < 4.78 is 12.2. The Morgan fingerprint density at radius 2 is 1.93 bits per heavy atom. The molecule has 42 heavy (non-hydrogen) atoms. The van der Waals surface area contributed by atoms with Crippen LogP contribution in [-0.2, 0) is 4.79 Å². The molecule has 0 aromatic heterocycles. The average Bonchev–Trinajstić information content (AvgIpc) is 2.95. The van der Waals surface area contributed by atoms with Gasteiger partial charge in [0.1, 0.15) is 18.1 Å². The third-order valence-electron chi connectivity index (χ3n) is 8.33. The lowest BCUT2D eigenvalue weighted by Gasteiger charge is -2.34. The number of carbonyl (C=O) groups is 1. The fraction of sp³-hybridized carbons (Fsp3) is 0.576. The molecule has 0 radical (unpaired) electrons. The maximum atomic E-state index is 12.8. The molecule has 2 aliphatic heterocycles. The van der Waals surface area contributed by atoms with Gasteiger partial charge in [0.2, 0.25) is 5.91 Å². The first kappa shape index (κ1) is 31.5. The highest BCUT2D eigenvalue weighted by Gasteiger charge is 2.32. The summed E-state index contributed by atoms with van der Waals surface area (Å²) >= 11 is 0. The summed E-state index contributed by atoms with van der Waals surface area (Å²) in [5, 5.41) is 23.8. The third-order valence-corrected chi connectivity index (χ3v) is 8.33. The van der Waals surface area contributed by atoms with Gasteiger partial charge in [-0.05, 0) is 102 Å².